The van der Waals surface area contributed by atoms with Crippen molar-refractivity contribution in [2.24, 2.45) is 5.73 Å². The second kappa shape index (κ2) is 5.58. The predicted octanol–water partition coefficient (Wildman–Crippen LogP) is 1.38. The number of carbonyl (C=O) groups is 2. The lowest BCUT2D eigenvalue weighted by Crippen LogP contribution is -2.16. The summed E-state index contributed by atoms with van der Waals surface area (Å²) in [4.78, 5) is 36.4. The normalized spacial score (nSPS) is 10.1. The number of carbonyl (C=O) groups excluding carboxylic acids is 2. The van der Waals surface area contributed by atoms with Gasteiger partial charge in [-0.05, 0) is 24.3 Å². The number of aromatic nitrogens is 1. The number of pyridine rings is 1. The van der Waals surface area contributed by atoms with Crippen LogP contribution in [0.25, 0.3) is 0 Å². The first-order valence-electron chi connectivity index (χ1n) is 5.57. The molecule has 0 radical (unpaired) electrons. The van der Waals surface area contributed by atoms with Crippen LogP contribution in [0.4, 0.5) is 5.69 Å². The molecule has 0 fully saturated rings. The number of nitrogens with one attached hydrogen (secondary N) is 2. The molecular formula is C13H10ClN3O3. The Bertz CT molecular complexity index is 740. The van der Waals surface area contributed by atoms with Crippen LogP contribution < -0.4 is 16.6 Å². The number of primary amides is 1. The van der Waals surface area contributed by atoms with E-state index in [-0.39, 0.29) is 21.7 Å². The SMILES string of the molecule is NC(=O)c1ccc(NC(=O)c2cc[nH]c(=O)c2)cc1Cl. The van der Waals surface area contributed by atoms with Crippen molar-refractivity contribution in [3.8, 4) is 0 Å². The zero-order valence-corrected chi connectivity index (χ0v) is 10.9. The first-order valence-corrected chi connectivity index (χ1v) is 5.94. The Balaban J connectivity index is 2.22. The Morgan fingerprint density at radius 2 is 1.95 bits per heavy atom. The summed E-state index contributed by atoms with van der Waals surface area (Å²) < 4.78 is 0. The quantitative estimate of drug-likeness (QED) is 0.795. The highest BCUT2D eigenvalue weighted by Gasteiger charge is 2.10. The van der Waals surface area contributed by atoms with Gasteiger partial charge in [-0.2, -0.15) is 0 Å². The molecule has 2 amide bonds. The third kappa shape index (κ3) is 3.04. The van der Waals surface area contributed by atoms with Crippen molar-refractivity contribution < 1.29 is 9.59 Å². The number of aromatic amines is 1. The lowest BCUT2D eigenvalue weighted by atomic mass is 10.2. The largest absolute Gasteiger partial charge is 0.366 e. The maximum atomic E-state index is 11.9. The van der Waals surface area contributed by atoms with Crippen molar-refractivity contribution in [2.45, 2.75) is 0 Å². The van der Waals surface area contributed by atoms with Gasteiger partial charge in [0.05, 0.1) is 10.6 Å². The highest BCUT2D eigenvalue weighted by atomic mass is 35.5. The Morgan fingerprint density at radius 1 is 1.20 bits per heavy atom. The van der Waals surface area contributed by atoms with Crippen LogP contribution in [-0.4, -0.2) is 16.8 Å². The van der Waals surface area contributed by atoms with Crippen LogP contribution in [0, 0.1) is 0 Å². The molecule has 0 aliphatic heterocycles. The number of hydrogen-bond acceptors (Lipinski definition) is 3. The molecule has 20 heavy (non-hydrogen) atoms. The highest BCUT2D eigenvalue weighted by molar-refractivity contribution is 6.34. The molecule has 1 aromatic carbocycles. The van der Waals surface area contributed by atoms with Gasteiger partial charge in [-0.25, -0.2) is 0 Å². The average molecular weight is 292 g/mol. The number of anilines is 1. The molecule has 0 atom stereocenters. The zero-order chi connectivity index (χ0) is 14.7. The summed E-state index contributed by atoms with van der Waals surface area (Å²) >= 11 is 5.87. The molecule has 7 heteroatoms. The van der Waals surface area contributed by atoms with E-state index in [9.17, 15) is 14.4 Å². The molecule has 2 rings (SSSR count). The van der Waals surface area contributed by atoms with Gasteiger partial charge in [0.25, 0.3) is 5.91 Å². The van der Waals surface area contributed by atoms with E-state index in [0.717, 1.165) is 0 Å². The van der Waals surface area contributed by atoms with Gasteiger partial charge in [-0.15, -0.1) is 0 Å². The molecule has 4 N–H and O–H groups in total. The lowest BCUT2D eigenvalue weighted by Gasteiger charge is -2.07. The lowest BCUT2D eigenvalue weighted by molar-refractivity contribution is 0.0998. The van der Waals surface area contributed by atoms with Gasteiger partial charge in [-0.1, -0.05) is 11.6 Å². The monoisotopic (exact) mass is 291 g/mol. The van der Waals surface area contributed by atoms with Crippen molar-refractivity contribution in [1.82, 2.24) is 4.98 Å². The number of nitrogens with two attached hydrogens (primary N) is 1. The van der Waals surface area contributed by atoms with Crippen LogP contribution in [0.2, 0.25) is 5.02 Å². The molecular weight excluding hydrogens is 282 g/mol. The van der Waals surface area contributed by atoms with Crippen LogP contribution in [-0.2, 0) is 0 Å². The molecule has 2 aromatic rings. The number of H-pyrrole nitrogens is 1. The molecule has 0 bridgehead atoms. The van der Waals surface area contributed by atoms with Crippen molar-refractivity contribution in [3.05, 3.63) is 63.0 Å². The van der Waals surface area contributed by atoms with E-state index in [1.807, 2.05) is 0 Å². The van der Waals surface area contributed by atoms with E-state index in [1.54, 1.807) is 0 Å². The minimum atomic E-state index is -0.650. The van der Waals surface area contributed by atoms with Gasteiger partial charge in [0.1, 0.15) is 0 Å². The second-order valence-corrected chi connectivity index (χ2v) is 4.36. The topological polar surface area (TPSA) is 105 Å². The minimum absolute atomic E-state index is 0.140. The summed E-state index contributed by atoms with van der Waals surface area (Å²) in [6, 6.07) is 6.96. The van der Waals surface area contributed by atoms with Crippen molar-refractivity contribution >= 4 is 29.1 Å². The van der Waals surface area contributed by atoms with Gasteiger partial charge in [0.15, 0.2) is 0 Å². The van der Waals surface area contributed by atoms with Crippen molar-refractivity contribution in [3.63, 3.8) is 0 Å². The fourth-order valence-corrected chi connectivity index (χ4v) is 1.86. The van der Waals surface area contributed by atoms with Crippen LogP contribution in [0.15, 0.2) is 41.3 Å². The first kappa shape index (κ1) is 13.8. The predicted molar refractivity (Wildman–Crippen MR) is 75.0 cm³/mol. The molecule has 0 saturated carbocycles. The third-order valence-corrected chi connectivity index (χ3v) is 2.84. The number of amides is 2. The van der Waals surface area contributed by atoms with Gasteiger partial charge in [-0.3, -0.25) is 14.4 Å². The van der Waals surface area contributed by atoms with Gasteiger partial charge >= 0.3 is 0 Å². The van der Waals surface area contributed by atoms with Gasteiger partial charge in [0.2, 0.25) is 11.5 Å². The number of hydrogen-bond donors (Lipinski definition) is 3. The first-order chi connectivity index (χ1) is 9.47. The van der Waals surface area contributed by atoms with Gasteiger partial charge < -0.3 is 16.0 Å². The molecule has 1 heterocycles. The summed E-state index contributed by atoms with van der Waals surface area (Å²) in [7, 11) is 0. The summed E-state index contributed by atoms with van der Waals surface area (Å²) in [6.07, 6.45) is 1.38. The van der Waals surface area contributed by atoms with Crippen molar-refractivity contribution in [1.29, 1.82) is 0 Å². The maximum Gasteiger partial charge on any atom is 0.255 e. The van der Waals surface area contributed by atoms with E-state index in [1.165, 1.54) is 36.5 Å². The standard InChI is InChI=1S/C13H10ClN3O3/c14-10-6-8(1-2-9(10)12(15)19)17-13(20)7-3-4-16-11(18)5-7/h1-6H,(H2,15,19)(H,16,18)(H,17,20). The van der Waals surface area contributed by atoms with Crippen LogP contribution in [0.1, 0.15) is 20.7 Å². The zero-order valence-electron chi connectivity index (χ0n) is 10.1. The van der Waals surface area contributed by atoms with Gasteiger partial charge in [0, 0.05) is 23.5 Å². The van der Waals surface area contributed by atoms with E-state index in [2.05, 4.69) is 10.3 Å². The van der Waals surface area contributed by atoms with Crippen LogP contribution in [0.3, 0.4) is 0 Å². The Labute approximate surface area is 118 Å². The summed E-state index contributed by atoms with van der Waals surface area (Å²) in [5.74, 6) is -1.11. The molecule has 0 aliphatic carbocycles. The van der Waals surface area contributed by atoms with Crippen molar-refractivity contribution in [2.75, 3.05) is 5.32 Å². The molecule has 0 aliphatic rings. The summed E-state index contributed by atoms with van der Waals surface area (Å²) in [6.45, 7) is 0. The highest BCUT2D eigenvalue weighted by Crippen LogP contribution is 2.21. The average Bonchev–Trinajstić information content (AvgIpc) is 2.38. The third-order valence-electron chi connectivity index (χ3n) is 2.53. The molecule has 6 nitrogen and oxygen atoms in total. The fraction of sp³-hybridized carbons (Fsp3) is 0. The Hall–Kier alpha value is -2.60. The number of benzene rings is 1. The molecule has 0 unspecified atom stereocenters. The summed E-state index contributed by atoms with van der Waals surface area (Å²) in [5.41, 5.74) is 5.52. The Kier molecular flexibility index (Phi) is 3.86. The molecule has 102 valence electrons. The van der Waals surface area contributed by atoms with E-state index < -0.39 is 11.8 Å². The number of halogens is 1. The molecule has 0 saturated heterocycles. The van der Waals surface area contributed by atoms with E-state index in [4.69, 9.17) is 17.3 Å². The van der Waals surface area contributed by atoms with E-state index in [0.29, 0.717) is 5.69 Å². The second-order valence-electron chi connectivity index (χ2n) is 3.95. The van der Waals surface area contributed by atoms with Crippen LogP contribution >= 0.6 is 11.6 Å². The van der Waals surface area contributed by atoms with E-state index >= 15 is 0 Å². The molecule has 0 spiro atoms. The summed E-state index contributed by atoms with van der Waals surface area (Å²) in [5, 5.41) is 2.70. The Morgan fingerprint density at radius 3 is 2.55 bits per heavy atom. The number of rotatable bonds is 3. The van der Waals surface area contributed by atoms with Crippen LogP contribution in [0.5, 0.6) is 0 Å². The fourth-order valence-electron chi connectivity index (χ4n) is 1.58. The molecule has 1 aromatic heterocycles. The minimum Gasteiger partial charge on any atom is -0.366 e. The smallest absolute Gasteiger partial charge is 0.255 e. The maximum absolute atomic E-state index is 11.9.